The summed E-state index contributed by atoms with van der Waals surface area (Å²) in [6.45, 7) is 5.30. The van der Waals surface area contributed by atoms with Gasteiger partial charge in [-0.25, -0.2) is 0 Å². The fraction of sp³-hybridized carbons (Fsp3) is 0.625. The third-order valence-electron chi connectivity index (χ3n) is 1.58. The van der Waals surface area contributed by atoms with Crippen molar-refractivity contribution < 1.29 is 0 Å². The van der Waals surface area contributed by atoms with Crippen LogP contribution in [0, 0.1) is 5.41 Å². The first-order valence-corrected chi connectivity index (χ1v) is 4.36. The van der Waals surface area contributed by atoms with Crippen molar-refractivity contribution in [1.82, 2.24) is 9.78 Å². The van der Waals surface area contributed by atoms with E-state index in [9.17, 15) is 0 Å². The van der Waals surface area contributed by atoms with Crippen LogP contribution in [0.15, 0.2) is 18.5 Å². The summed E-state index contributed by atoms with van der Waals surface area (Å²) in [5.74, 6) is 0.882. The minimum absolute atomic E-state index is 0.231. The SMILES string of the molecule is CC(C)(CS)Cn1cccn1. The Morgan fingerprint density at radius 2 is 2.27 bits per heavy atom. The Kier molecular flexibility index (Phi) is 2.60. The maximum Gasteiger partial charge on any atom is 0.0489 e. The highest BCUT2D eigenvalue weighted by Crippen LogP contribution is 2.18. The molecule has 1 aromatic heterocycles. The molecule has 1 heterocycles. The Morgan fingerprint density at radius 1 is 1.55 bits per heavy atom. The molecule has 0 aromatic carbocycles. The van der Waals surface area contributed by atoms with Crippen molar-refractivity contribution in [1.29, 1.82) is 0 Å². The van der Waals surface area contributed by atoms with Gasteiger partial charge in [0.1, 0.15) is 0 Å². The minimum atomic E-state index is 0.231. The van der Waals surface area contributed by atoms with Crippen LogP contribution in [0.2, 0.25) is 0 Å². The van der Waals surface area contributed by atoms with E-state index >= 15 is 0 Å². The molecule has 0 unspecified atom stereocenters. The van der Waals surface area contributed by atoms with Crippen molar-refractivity contribution in [3.63, 3.8) is 0 Å². The molecule has 3 heteroatoms. The molecular weight excluding hydrogens is 156 g/mol. The lowest BCUT2D eigenvalue weighted by Gasteiger charge is -2.21. The van der Waals surface area contributed by atoms with Crippen LogP contribution in [0.5, 0.6) is 0 Å². The van der Waals surface area contributed by atoms with E-state index in [1.165, 1.54) is 0 Å². The van der Waals surface area contributed by atoms with Crippen LogP contribution in [0.4, 0.5) is 0 Å². The third kappa shape index (κ3) is 2.58. The highest BCUT2D eigenvalue weighted by Gasteiger charge is 2.15. The molecule has 0 aliphatic heterocycles. The Bertz CT molecular complexity index is 204. The van der Waals surface area contributed by atoms with E-state index in [0.29, 0.717) is 0 Å². The second-order valence-corrected chi connectivity index (χ2v) is 3.84. The lowest BCUT2D eigenvalue weighted by molar-refractivity contribution is 0.334. The molecule has 0 saturated carbocycles. The smallest absolute Gasteiger partial charge is 0.0489 e. The molecule has 1 rings (SSSR count). The fourth-order valence-electron chi connectivity index (χ4n) is 0.883. The lowest BCUT2D eigenvalue weighted by atomic mass is 9.97. The van der Waals surface area contributed by atoms with Crippen LogP contribution in [-0.4, -0.2) is 15.5 Å². The van der Waals surface area contributed by atoms with E-state index in [1.54, 1.807) is 6.20 Å². The number of thiol groups is 1. The van der Waals surface area contributed by atoms with Gasteiger partial charge in [-0.15, -0.1) is 0 Å². The molecule has 11 heavy (non-hydrogen) atoms. The number of rotatable bonds is 3. The van der Waals surface area contributed by atoms with Gasteiger partial charge in [0.2, 0.25) is 0 Å². The average molecular weight is 170 g/mol. The number of aromatic nitrogens is 2. The van der Waals surface area contributed by atoms with Gasteiger partial charge in [-0.05, 0) is 17.2 Å². The molecule has 2 nitrogen and oxygen atoms in total. The van der Waals surface area contributed by atoms with Gasteiger partial charge in [-0.2, -0.15) is 17.7 Å². The predicted molar refractivity (Wildman–Crippen MR) is 49.9 cm³/mol. The second-order valence-electron chi connectivity index (χ2n) is 3.53. The van der Waals surface area contributed by atoms with Crippen molar-refractivity contribution in [2.24, 2.45) is 5.41 Å². The highest BCUT2D eigenvalue weighted by atomic mass is 32.1. The van der Waals surface area contributed by atoms with Crippen LogP contribution >= 0.6 is 12.6 Å². The first kappa shape index (κ1) is 8.65. The van der Waals surface area contributed by atoms with E-state index in [-0.39, 0.29) is 5.41 Å². The number of nitrogens with zero attached hydrogens (tertiary/aromatic N) is 2. The topological polar surface area (TPSA) is 17.8 Å². The second kappa shape index (κ2) is 3.30. The van der Waals surface area contributed by atoms with Crippen molar-refractivity contribution in [3.05, 3.63) is 18.5 Å². The van der Waals surface area contributed by atoms with Crippen LogP contribution in [-0.2, 0) is 6.54 Å². The van der Waals surface area contributed by atoms with Gasteiger partial charge < -0.3 is 0 Å². The normalized spacial score (nSPS) is 11.9. The van der Waals surface area contributed by atoms with Gasteiger partial charge in [0.05, 0.1) is 0 Å². The summed E-state index contributed by atoms with van der Waals surface area (Å²) in [7, 11) is 0. The van der Waals surface area contributed by atoms with Gasteiger partial charge in [-0.3, -0.25) is 4.68 Å². The van der Waals surface area contributed by atoms with E-state index in [2.05, 4.69) is 31.6 Å². The lowest BCUT2D eigenvalue weighted by Crippen LogP contribution is -2.21. The standard InChI is InChI=1S/C8H14N2S/c1-8(2,7-11)6-10-5-3-4-9-10/h3-5,11H,6-7H2,1-2H3. The molecule has 0 radical (unpaired) electrons. The quantitative estimate of drug-likeness (QED) is 0.685. The first-order valence-electron chi connectivity index (χ1n) is 3.72. The maximum atomic E-state index is 4.27. The van der Waals surface area contributed by atoms with Gasteiger partial charge in [-0.1, -0.05) is 13.8 Å². The Labute approximate surface area is 73.0 Å². The van der Waals surface area contributed by atoms with E-state index in [4.69, 9.17) is 0 Å². The van der Waals surface area contributed by atoms with Crippen molar-refractivity contribution in [2.75, 3.05) is 5.75 Å². The van der Waals surface area contributed by atoms with E-state index in [1.807, 2.05) is 16.9 Å². The Balaban J connectivity index is 2.56. The summed E-state index contributed by atoms with van der Waals surface area (Å²) < 4.78 is 1.94. The molecule has 0 N–H and O–H groups in total. The molecule has 1 aromatic rings. The summed E-state index contributed by atoms with van der Waals surface area (Å²) in [6, 6.07) is 1.94. The van der Waals surface area contributed by atoms with Crippen LogP contribution in [0.3, 0.4) is 0 Å². The molecule has 0 saturated heterocycles. The molecule has 0 spiro atoms. The molecule has 0 aliphatic carbocycles. The molecule has 62 valence electrons. The summed E-state index contributed by atoms with van der Waals surface area (Å²) in [5.41, 5.74) is 0.231. The molecule has 0 bridgehead atoms. The molecule has 0 amide bonds. The zero-order chi connectivity index (χ0) is 8.32. The van der Waals surface area contributed by atoms with E-state index in [0.717, 1.165) is 12.3 Å². The van der Waals surface area contributed by atoms with Gasteiger partial charge in [0.15, 0.2) is 0 Å². The zero-order valence-corrected chi connectivity index (χ0v) is 7.88. The average Bonchev–Trinajstić information content (AvgIpc) is 2.39. The van der Waals surface area contributed by atoms with E-state index < -0.39 is 0 Å². The summed E-state index contributed by atoms with van der Waals surface area (Å²) in [6.07, 6.45) is 3.78. The van der Waals surface area contributed by atoms with Crippen molar-refractivity contribution >= 4 is 12.6 Å². The molecule has 0 atom stereocenters. The molecule has 0 aliphatic rings. The van der Waals surface area contributed by atoms with Crippen molar-refractivity contribution in [2.45, 2.75) is 20.4 Å². The number of hydrogen-bond donors (Lipinski definition) is 1. The Hall–Kier alpha value is -0.440. The predicted octanol–water partition coefficient (Wildman–Crippen LogP) is 1.84. The maximum absolute atomic E-state index is 4.27. The van der Waals surface area contributed by atoms with Crippen LogP contribution < -0.4 is 0 Å². The fourth-order valence-corrected chi connectivity index (χ4v) is 0.983. The van der Waals surface area contributed by atoms with Gasteiger partial charge in [0, 0.05) is 18.9 Å². The first-order chi connectivity index (χ1) is 5.14. The minimum Gasteiger partial charge on any atom is -0.272 e. The largest absolute Gasteiger partial charge is 0.272 e. The molecule has 0 fully saturated rings. The molecular formula is C8H14N2S. The monoisotopic (exact) mass is 170 g/mol. The third-order valence-corrected chi connectivity index (χ3v) is 2.43. The summed E-state index contributed by atoms with van der Waals surface area (Å²) in [4.78, 5) is 0. The summed E-state index contributed by atoms with van der Waals surface area (Å²) >= 11 is 4.27. The highest BCUT2D eigenvalue weighted by molar-refractivity contribution is 7.80. The van der Waals surface area contributed by atoms with Crippen LogP contribution in [0.25, 0.3) is 0 Å². The van der Waals surface area contributed by atoms with Crippen molar-refractivity contribution in [3.8, 4) is 0 Å². The van der Waals surface area contributed by atoms with Crippen LogP contribution in [0.1, 0.15) is 13.8 Å². The van der Waals surface area contributed by atoms with Gasteiger partial charge in [0.25, 0.3) is 0 Å². The number of hydrogen-bond acceptors (Lipinski definition) is 2. The summed E-state index contributed by atoms with van der Waals surface area (Å²) in [5, 5.41) is 4.13. The van der Waals surface area contributed by atoms with Gasteiger partial charge >= 0.3 is 0 Å². The zero-order valence-electron chi connectivity index (χ0n) is 6.99. The Morgan fingerprint density at radius 3 is 2.73 bits per heavy atom.